The van der Waals surface area contributed by atoms with Crippen molar-refractivity contribution in [2.24, 2.45) is 0 Å². The lowest BCUT2D eigenvalue weighted by Crippen LogP contribution is -2.43. The number of halogens is 1. The Kier molecular flexibility index (Phi) is 7.91. The maximum atomic E-state index is 12.9. The zero-order valence-corrected chi connectivity index (χ0v) is 17.6. The van der Waals surface area contributed by atoms with Gasteiger partial charge in [0.05, 0.1) is 12.8 Å². The quantitative estimate of drug-likeness (QED) is 0.703. The summed E-state index contributed by atoms with van der Waals surface area (Å²) in [5, 5.41) is 2.93. The van der Waals surface area contributed by atoms with E-state index in [4.69, 9.17) is 10.5 Å². The predicted molar refractivity (Wildman–Crippen MR) is 118 cm³/mol. The van der Waals surface area contributed by atoms with Gasteiger partial charge in [0.1, 0.15) is 11.8 Å². The first-order chi connectivity index (χ1) is 13.5. The smallest absolute Gasteiger partial charge is 0.247 e. The number of aryl methyl sites for hydroxylation is 2. The summed E-state index contributed by atoms with van der Waals surface area (Å²) in [6, 6.07) is 12.7. The molecule has 29 heavy (non-hydrogen) atoms. The molecule has 6 nitrogen and oxygen atoms in total. The van der Waals surface area contributed by atoms with Crippen molar-refractivity contribution < 1.29 is 14.3 Å². The number of carbonyl (C=O) groups excluding carboxylic acids is 2. The van der Waals surface area contributed by atoms with E-state index in [1.54, 1.807) is 12.0 Å². The number of hydrogen-bond donors (Lipinski definition) is 2. The summed E-state index contributed by atoms with van der Waals surface area (Å²) in [6.45, 7) is 2.56. The summed E-state index contributed by atoms with van der Waals surface area (Å²) in [5.41, 5.74) is 9.26. The molecule has 0 radical (unpaired) electrons. The molecule has 1 aliphatic rings. The highest BCUT2D eigenvalue weighted by molar-refractivity contribution is 5.98. The molecular formula is C22H28ClN3O3. The molecule has 0 saturated carbocycles. The molecule has 2 aromatic carbocycles. The number of amides is 2. The molecular weight excluding hydrogens is 390 g/mol. The molecule has 3 rings (SSSR count). The van der Waals surface area contributed by atoms with E-state index in [1.807, 2.05) is 49.4 Å². The zero-order chi connectivity index (χ0) is 20.1. The number of para-hydroxylation sites is 1. The van der Waals surface area contributed by atoms with E-state index >= 15 is 0 Å². The van der Waals surface area contributed by atoms with Crippen LogP contribution in [0.2, 0.25) is 0 Å². The molecule has 156 valence electrons. The van der Waals surface area contributed by atoms with Gasteiger partial charge in [-0.3, -0.25) is 9.59 Å². The van der Waals surface area contributed by atoms with E-state index in [-0.39, 0.29) is 24.2 Å². The summed E-state index contributed by atoms with van der Waals surface area (Å²) in [4.78, 5) is 27.3. The second-order valence-corrected chi connectivity index (χ2v) is 7.14. The Labute approximate surface area is 177 Å². The summed E-state index contributed by atoms with van der Waals surface area (Å²) in [6.07, 6.45) is 2.40. The summed E-state index contributed by atoms with van der Waals surface area (Å²) in [5.74, 6) is 0.417. The van der Waals surface area contributed by atoms with Crippen molar-refractivity contribution in [3.63, 3.8) is 0 Å². The van der Waals surface area contributed by atoms with Crippen LogP contribution in [0, 0.1) is 6.92 Å². The van der Waals surface area contributed by atoms with Gasteiger partial charge in [0.25, 0.3) is 0 Å². The van der Waals surface area contributed by atoms with E-state index in [2.05, 4.69) is 5.32 Å². The first kappa shape index (κ1) is 22.6. The molecule has 0 bridgehead atoms. The highest BCUT2D eigenvalue weighted by atomic mass is 35.5. The van der Waals surface area contributed by atoms with Crippen molar-refractivity contribution in [3.8, 4) is 5.75 Å². The van der Waals surface area contributed by atoms with Crippen LogP contribution >= 0.6 is 12.4 Å². The Balaban J connectivity index is 0.00000300. The van der Waals surface area contributed by atoms with Crippen molar-refractivity contribution in [2.75, 3.05) is 24.7 Å². The van der Waals surface area contributed by atoms with Gasteiger partial charge in [-0.1, -0.05) is 24.3 Å². The van der Waals surface area contributed by atoms with E-state index in [1.165, 1.54) is 0 Å². The number of rotatable bonds is 6. The first-order valence-corrected chi connectivity index (χ1v) is 9.58. The number of nitrogen functional groups attached to an aromatic ring is 1. The Morgan fingerprint density at radius 3 is 2.72 bits per heavy atom. The second-order valence-electron chi connectivity index (χ2n) is 7.14. The van der Waals surface area contributed by atoms with Gasteiger partial charge in [0, 0.05) is 18.7 Å². The highest BCUT2D eigenvalue weighted by Crippen LogP contribution is 2.27. The standard InChI is InChI=1S/C22H27N3O3.ClH/c1-15-9-11-20(28-2)18(14-15)24-22(27)19-8-5-13-25(19)21(26)12-10-16-6-3-4-7-17(16)23;/h3-4,6-7,9,11,14,19H,5,8,10,12-13,23H2,1-2H3,(H,24,27);1H. The number of nitrogens with two attached hydrogens (primary N) is 1. The molecule has 2 aromatic rings. The van der Waals surface area contributed by atoms with Crippen LogP contribution in [-0.2, 0) is 16.0 Å². The van der Waals surface area contributed by atoms with Crippen LogP contribution in [0.5, 0.6) is 5.75 Å². The van der Waals surface area contributed by atoms with Crippen LogP contribution < -0.4 is 15.8 Å². The van der Waals surface area contributed by atoms with Gasteiger partial charge in [-0.25, -0.2) is 0 Å². The van der Waals surface area contributed by atoms with Gasteiger partial charge in [-0.2, -0.15) is 0 Å². The van der Waals surface area contributed by atoms with Gasteiger partial charge in [0.15, 0.2) is 0 Å². The lowest BCUT2D eigenvalue weighted by Gasteiger charge is -2.24. The van der Waals surface area contributed by atoms with Crippen molar-refractivity contribution in [2.45, 2.75) is 38.6 Å². The maximum absolute atomic E-state index is 12.9. The summed E-state index contributed by atoms with van der Waals surface area (Å²) >= 11 is 0. The van der Waals surface area contributed by atoms with Crippen molar-refractivity contribution in [3.05, 3.63) is 53.6 Å². The molecule has 1 fully saturated rings. The van der Waals surface area contributed by atoms with E-state index in [9.17, 15) is 9.59 Å². The van der Waals surface area contributed by atoms with Gasteiger partial charge in [-0.15, -0.1) is 12.4 Å². The molecule has 1 atom stereocenters. The Morgan fingerprint density at radius 2 is 2.00 bits per heavy atom. The fraction of sp³-hybridized carbons (Fsp3) is 0.364. The number of anilines is 2. The van der Waals surface area contributed by atoms with E-state index in [0.717, 1.165) is 17.5 Å². The fourth-order valence-corrected chi connectivity index (χ4v) is 3.62. The van der Waals surface area contributed by atoms with E-state index < -0.39 is 6.04 Å². The average Bonchev–Trinajstić information content (AvgIpc) is 3.17. The Morgan fingerprint density at radius 1 is 1.24 bits per heavy atom. The lowest BCUT2D eigenvalue weighted by molar-refractivity contribution is -0.136. The second kappa shape index (κ2) is 10.2. The first-order valence-electron chi connectivity index (χ1n) is 9.58. The molecule has 7 heteroatoms. The number of ether oxygens (including phenoxy) is 1. The Hall–Kier alpha value is -2.73. The van der Waals surface area contributed by atoms with Crippen LogP contribution in [0.25, 0.3) is 0 Å². The number of carbonyl (C=O) groups is 2. The molecule has 0 spiro atoms. The third-order valence-corrected chi connectivity index (χ3v) is 5.15. The Bertz CT molecular complexity index is 872. The molecule has 3 N–H and O–H groups in total. The summed E-state index contributed by atoms with van der Waals surface area (Å²) in [7, 11) is 1.57. The summed E-state index contributed by atoms with van der Waals surface area (Å²) < 4.78 is 5.33. The van der Waals surface area contributed by atoms with Crippen LogP contribution in [0.15, 0.2) is 42.5 Å². The van der Waals surface area contributed by atoms with E-state index in [0.29, 0.717) is 42.9 Å². The van der Waals surface area contributed by atoms with Gasteiger partial charge in [-0.05, 0) is 55.5 Å². The molecule has 1 saturated heterocycles. The molecule has 1 aliphatic heterocycles. The number of hydrogen-bond acceptors (Lipinski definition) is 4. The van der Waals surface area contributed by atoms with Crippen LogP contribution in [0.4, 0.5) is 11.4 Å². The lowest BCUT2D eigenvalue weighted by atomic mass is 10.1. The van der Waals surface area contributed by atoms with Gasteiger partial charge in [0.2, 0.25) is 11.8 Å². The van der Waals surface area contributed by atoms with Gasteiger partial charge < -0.3 is 20.7 Å². The molecule has 1 heterocycles. The van der Waals surface area contributed by atoms with Crippen molar-refractivity contribution in [1.82, 2.24) is 4.90 Å². The fourth-order valence-electron chi connectivity index (χ4n) is 3.62. The minimum Gasteiger partial charge on any atom is -0.495 e. The topological polar surface area (TPSA) is 84.7 Å². The average molecular weight is 418 g/mol. The largest absolute Gasteiger partial charge is 0.495 e. The number of methoxy groups -OCH3 is 1. The number of benzene rings is 2. The number of nitrogens with one attached hydrogen (secondary N) is 1. The van der Waals surface area contributed by atoms with Crippen molar-refractivity contribution >= 4 is 35.6 Å². The minimum atomic E-state index is -0.453. The molecule has 0 aromatic heterocycles. The predicted octanol–water partition coefficient (Wildman–Crippen LogP) is 3.57. The van der Waals surface area contributed by atoms with Crippen molar-refractivity contribution in [1.29, 1.82) is 0 Å². The van der Waals surface area contributed by atoms with Crippen LogP contribution in [0.1, 0.15) is 30.4 Å². The van der Waals surface area contributed by atoms with Gasteiger partial charge >= 0.3 is 0 Å². The molecule has 1 unspecified atom stereocenters. The minimum absolute atomic E-state index is 0. The number of likely N-dealkylation sites (tertiary alicyclic amines) is 1. The van der Waals surface area contributed by atoms with Crippen LogP contribution in [0.3, 0.4) is 0 Å². The number of nitrogens with zero attached hydrogens (tertiary/aromatic N) is 1. The third kappa shape index (κ3) is 5.41. The SMILES string of the molecule is COc1ccc(C)cc1NC(=O)C1CCCN1C(=O)CCc1ccccc1N.Cl. The highest BCUT2D eigenvalue weighted by Gasteiger charge is 2.34. The third-order valence-electron chi connectivity index (χ3n) is 5.15. The molecule has 0 aliphatic carbocycles. The monoisotopic (exact) mass is 417 g/mol. The normalized spacial score (nSPS) is 15.5. The van der Waals surface area contributed by atoms with Crippen LogP contribution in [-0.4, -0.2) is 36.4 Å². The maximum Gasteiger partial charge on any atom is 0.247 e. The zero-order valence-electron chi connectivity index (χ0n) is 16.8. The molecule has 2 amide bonds.